The summed E-state index contributed by atoms with van der Waals surface area (Å²) in [5.41, 5.74) is 7.05. The standard InChI is InChI=1S/C11H19N3O2S/c1-9-4-5-10(8-11(9)12)17(15,16)13-6-7-14(2)3/h4-5,8,13H,6-7,12H2,1-3H3. The normalized spacial score (nSPS) is 12.0. The van der Waals surface area contributed by atoms with E-state index in [4.69, 9.17) is 5.73 Å². The summed E-state index contributed by atoms with van der Waals surface area (Å²) in [4.78, 5) is 2.12. The van der Waals surface area contributed by atoms with Crippen molar-refractivity contribution in [2.45, 2.75) is 11.8 Å². The van der Waals surface area contributed by atoms with Crippen LogP contribution in [0.25, 0.3) is 0 Å². The van der Waals surface area contributed by atoms with Crippen LogP contribution in [0.4, 0.5) is 5.69 Å². The maximum absolute atomic E-state index is 11.9. The lowest BCUT2D eigenvalue weighted by molar-refractivity contribution is 0.412. The lowest BCUT2D eigenvalue weighted by atomic mass is 10.2. The molecule has 0 bridgehead atoms. The van der Waals surface area contributed by atoms with Gasteiger partial charge in [0, 0.05) is 18.8 Å². The van der Waals surface area contributed by atoms with Gasteiger partial charge in [0.05, 0.1) is 4.90 Å². The predicted molar refractivity (Wildman–Crippen MR) is 69.3 cm³/mol. The van der Waals surface area contributed by atoms with E-state index in [-0.39, 0.29) is 4.90 Å². The zero-order valence-electron chi connectivity index (χ0n) is 10.4. The number of likely N-dealkylation sites (N-methyl/N-ethyl adjacent to an activating group) is 1. The second kappa shape index (κ2) is 5.48. The van der Waals surface area contributed by atoms with Crippen molar-refractivity contribution in [3.05, 3.63) is 23.8 Å². The monoisotopic (exact) mass is 257 g/mol. The molecule has 17 heavy (non-hydrogen) atoms. The van der Waals surface area contributed by atoms with Crippen molar-refractivity contribution >= 4 is 15.7 Å². The summed E-state index contributed by atoms with van der Waals surface area (Å²) in [6.07, 6.45) is 0. The molecule has 0 saturated heterocycles. The van der Waals surface area contributed by atoms with E-state index in [1.165, 1.54) is 6.07 Å². The smallest absolute Gasteiger partial charge is 0.240 e. The largest absolute Gasteiger partial charge is 0.398 e. The number of anilines is 1. The van der Waals surface area contributed by atoms with Crippen LogP contribution in [-0.2, 0) is 10.0 Å². The highest BCUT2D eigenvalue weighted by Crippen LogP contribution is 2.16. The van der Waals surface area contributed by atoms with Crippen molar-refractivity contribution in [1.82, 2.24) is 9.62 Å². The summed E-state index contributed by atoms with van der Waals surface area (Å²) in [5.74, 6) is 0. The molecule has 0 atom stereocenters. The van der Waals surface area contributed by atoms with Gasteiger partial charge in [-0.3, -0.25) is 0 Å². The zero-order valence-corrected chi connectivity index (χ0v) is 11.2. The van der Waals surface area contributed by atoms with Crippen molar-refractivity contribution in [2.75, 3.05) is 32.9 Å². The summed E-state index contributed by atoms with van der Waals surface area (Å²) < 4.78 is 26.3. The van der Waals surface area contributed by atoms with E-state index in [0.29, 0.717) is 18.8 Å². The van der Waals surface area contributed by atoms with Crippen molar-refractivity contribution in [3.8, 4) is 0 Å². The molecule has 1 aromatic rings. The summed E-state index contributed by atoms with van der Waals surface area (Å²) in [7, 11) is 0.322. The molecule has 5 nitrogen and oxygen atoms in total. The van der Waals surface area contributed by atoms with Crippen LogP contribution in [0.2, 0.25) is 0 Å². The third kappa shape index (κ3) is 3.99. The zero-order chi connectivity index (χ0) is 13.1. The molecular weight excluding hydrogens is 238 g/mol. The molecule has 0 fully saturated rings. The molecule has 0 aliphatic carbocycles. The van der Waals surface area contributed by atoms with Gasteiger partial charge in [0.25, 0.3) is 0 Å². The van der Waals surface area contributed by atoms with E-state index >= 15 is 0 Å². The first-order valence-corrected chi connectivity index (χ1v) is 6.82. The topological polar surface area (TPSA) is 75.4 Å². The first-order chi connectivity index (χ1) is 7.83. The fraction of sp³-hybridized carbons (Fsp3) is 0.455. The number of nitrogens with one attached hydrogen (secondary N) is 1. The number of nitrogens with zero attached hydrogens (tertiary/aromatic N) is 1. The van der Waals surface area contributed by atoms with Crippen LogP contribution in [0.3, 0.4) is 0 Å². The third-order valence-corrected chi connectivity index (χ3v) is 3.87. The molecule has 0 radical (unpaired) electrons. The molecule has 0 saturated carbocycles. The van der Waals surface area contributed by atoms with Gasteiger partial charge >= 0.3 is 0 Å². The van der Waals surface area contributed by atoms with E-state index in [0.717, 1.165) is 5.56 Å². The number of nitrogen functional groups attached to an aromatic ring is 1. The van der Waals surface area contributed by atoms with Crippen LogP contribution in [0.5, 0.6) is 0 Å². The fourth-order valence-electron chi connectivity index (χ4n) is 1.27. The van der Waals surface area contributed by atoms with E-state index < -0.39 is 10.0 Å². The predicted octanol–water partition coefficient (Wildman–Crippen LogP) is 0.417. The quantitative estimate of drug-likeness (QED) is 0.750. The second-order valence-electron chi connectivity index (χ2n) is 4.22. The van der Waals surface area contributed by atoms with Crippen molar-refractivity contribution in [1.29, 1.82) is 0 Å². The summed E-state index contributed by atoms with van der Waals surface area (Å²) in [6.45, 7) is 2.87. The molecule has 1 aromatic carbocycles. The van der Waals surface area contributed by atoms with Gasteiger partial charge in [-0.05, 0) is 38.7 Å². The maximum atomic E-state index is 11.9. The summed E-state index contributed by atoms with van der Waals surface area (Å²) in [5, 5.41) is 0. The molecule has 0 unspecified atom stereocenters. The van der Waals surface area contributed by atoms with Crippen molar-refractivity contribution < 1.29 is 8.42 Å². The van der Waals surface area contributed by atoms with Gasteiger partial charge in [0.15, 0.2) is 0 Å². The molecule has 0 amide bonds. The Balaban J connectivity index is 2.79. The average molecular weight is 257 g/mol. The van der Waals surface area contributed by atoms with E-state index in [1.807, 2.05) is 25.9 Å². The first kappa shape index (κ1) is 14.0. The van der Waals surface area contributed by atoms with Crippen LogP contribution < -0.4 is 10.5 Å². The Hall–Kier alpha value is -1.11. The fourth-order valence-corrected chi connectivity index (χ4v) is 2.33. The van der Waals surface area contributed by atoms with E-state index in [9.17, 15) is 8.42 Å². The number of aryl methyl sites for hydroxylation is 1. The lowest BCUT2D eigenvalue weighted by Crippen LogP contribution is -2.31. The molecule has 3 N–H and O–H groups in total. The van der Waals surface area contributed by atoms with Crippen molar-refractivity contribution in [3.63, 3.8) is 0 Å². The Morgan fingerprint density at radius 1 is 1.35 bits per heavy atom. The third-order valence-electron chi connectivity index (χ3n) is 2.41. The highest BCUT2D eigenvalue weighted by atomic mass is 32.2. The van der Waals surface area contributed by atoms with Gasteiger partial charge in [0.2, 0.25) is 10.0 Å². The van der Waals surface area contributed by atoms with Gasteiger partial charge in [0.1, 0.15) is 0 Å². The Kier molecular flexibility index (Phi) is 4.50. The molecule has 6 heteroatoms. The van der Waals surface area contributed by atoms with E-state index in [2.05, 4.69) is 4.72 Å². The van der Waals surface area contributed by atoms with Crippen LogP contribution >= 0.6 is 0 Å². The van der Waals surface area contributed by atoms with Crippen molar-refractivity contribution in [2.24, 2.45) is 0 Å². The minimum absolute atomic E-state index is 0.208. The number of benzene rings is 1. The Morgan fingerprint density at radius 3 is 2.53 bits per heavy atom. The molecule has 96 valence electrons. The summed E-state index contributed by atoms with van der Waals surface area (Å²) in [6, 6.07) is 4.74. The second-order valence-corrected chi connectivity index (χ2v) is 5.99. The van der Waals surface area contributed by atoms with Gasteiger partial charge in [-0.25, -0.2) is 13.1 Å². The first-order valence-electron chi connectivity index (χ1n) is 5.33. The maximum Gasteiger partial charge on any atom is 0.240 e. The number of hydrogen-bond acceptors (Lipinski definition) is 4. The van der Waals surface area contributed by atoms with Gasteiger partial charge in [-0.2, -0.15) is 0 Å². The number of sulfonamides is 1. The highest BCUT2D eigenvalue weighted by Gasteiger charge is 2.13. The number of nitrogens with two attached hydrogens (primary N) is 1. The summed E-state index contributed by atoms with van der Waals surface area (Å²) >= 11 is 0. The van der Waals surface area contributed by atoms with Crippen LogP contribution in [0.1, 0.15) is 5.56 Å². The molecule has 1 rings (SSSR count). The Labute approximate surface area is 103 Å². The number of rotatable bonds is 5. The number of hydrogen-bond donors (Lipinski definition) is 2. The molecule has 0 spiro atoms. The minimum Gasteiger partial charge on any atom is -0.398 e. The van der Waals surface area contributed by atoms with E-state index in [1.54, 1.807) is 12.1 Å². The van der Waals surface area contributed by atoms with Gasteiger partial charge < -0.3 is 10.6 Å². The molecule has 0 aliphatic heterocycles. The molecule has 0 heterocycles. The van der Waals surface area contributed by atoms with Gasteiger partial charge in [-0.15, -0.1) is 0 Å². The molecule has 0 aliphatic rings. The lowest BCUT2D eigenvalue weighted by Gasteiger charge is -2.11. The highest BCUT2D eigenvalue weighted by molar-refractivity contribution is 7.89. The Morgan fingerprint density at radius 2 is 2.00 bits per heavy atom. The SMILES string of the molecule is Cc1ccc(S(=O)(=O)NCCN(C)C)cc1N. The Bertz CT molecular complexity index is 483. The van der Waals surface area contributed by atoms with Crippen LogP contribution in [0.15, 0.2) is 23.1 Å². The average Bonchev–Trinajstić information content (AvgIpc) is 2.21. The molecule has 0 aromatic heterocycles. The van der Waals surface area contributed by atoms with Crippen LogP contribution in [0, 0.1) is 6.92 Å². The van der Waals surface area contributed by atoms with Gasteiger partial charge in [-0.1, -0.05) is 6.07 Å². The van der Waals surface area contributed by atoms with Crippen LogP contribution in [-0.4, -0.2) is 40.5 Å². The minimum atomic E-state index is -3.45. The molecular formula is C11H19N3O2S.